The van der Waals surface area contributed by atoms with Gasteiger partial charge in [-0.1, -0.05) is 36.4 Å². The molecule has 2 aromatic carbocycles. The molecular weight excluding hydrogens is 419 g/mol. The number of ether oxygens (including phenoxy) is 3. The largest absolute Gasteiger partial charge is 0.573 e. The number of alkyl halides is 3. The van der Waals surface area contributed by atoms with Crippen molar-refractivity contribution in [1.82, 2.24) is 9.55 Å². The van der Waals surface area contributed by atoms with E-state index in [4.69, 9.17) is 9.47 Å². The molecule has 0 aliphatic carbocycles. The summed E-state index contributed by atoms with van der Waals surface area (Å²) in [6, 6.07) is 13.0. The van der Waals surface area contributed by atoms with Gasteiger partial charge in [-0.2, -0.15) is 0 Å². The Morgan fingerprint density at radius 1 is 1.23 bits per heavy atom. The molecule has 11 heteroatoms. The van der Waals surface area contributed by atoms with Gasteiger partial charge in [-0.25, -0.2) is 0 Å². The maximum atomic E-state index is 12.7. The predicted octanol–water partition coefficient (Wildman–Crippen LogP) is 4.33. The zero-order valence-electron chi connectivity index (χ0n) is 15.9. The molecule has 0 spiro atoms. The molecule has 0 N–H and O–H groups in total. The van der Waals surface area contributed by atoms with E-state index < -0.39 is 11.3 Å². The third kappa shape index (κ3) is 4.94. The highest BCUT2D eigenvalue weighted by Gasteiger charge is 2.32. The van der Waals surface area contributed by atoms with Gasteiger partial charge in [0.25, 0.3) is 0 Å². The molecule has 1 aromatic heterocycles. The first-order chi connectivity index (χ1) is 14.8. The lowest BCUT2D eigenvalue weighted by atomic mass is 10.0. The lowest BCUT2D eigenvalue weighted by molar-refractivity contribution is -0.389. The van der Waals surface area contributed by atoms with E-state index in [1.54, 1.807) is 36.4 Å². The van der Waals surface area contributed by atoms with E-state index >= 15 is 0 Å². The molecule has 1 aliphatic rings. The van der Waals surface area contributed by atoms with Gasteiger partial charge >= 0.3 is 18.2 Å². The molecular formula is C20H16F3N3O5. The molecule has 0 amide bonds. The van der Waals surface area contributed by atoms with Crippen molar-refractivity contribution in [1.29, 1.82) is 0 Å². The summed E-state index contributed by atoms with van der Waals surface area (Å²) in [7, 11) is 0. The Balaban J connectivity index is 1.45. The summed E-state index contributed by atoms with van der Waals surface area (Å²) in [4.78, 5) is 14.0. The van der Waals surface area contributed by atoms with E-state index in [2.05, 4.69) is 9.72 Å². The minimum atomic E-state index is -4.79. The highest BCUT2D eigenvalue weighted by atomic mass is 19.4. The Morgan fingerprint density at radius 2 is 2.03 bits per heavy atom. The van der Waals surface area contributed by atoms with E-state index in [0.29, 0.717) is 17.7 Å². The maximum absolute atomic E-state index is 12.7. The van der Waals surface area contributed by atoms with Gasteiger partial charge < -0.3 is 24.3 Å². The standard InChI is InChI=1S/C20H16F3N3O5/c21-20(22,23)31-17-7-2-1-6-16(17)14-5-3-4-13(8-14)11-29-15-9-25-10-18(26(27)28)24-19(25)30-12-15/h1-8,10,15H,9,11-12H2/t15-/m0/s1. The summed E-state index contributed by atoms with van der Waals surface area (Å²) in [5, 5.41) is 10.8. The third-order valence-electron chi connectivity index (χ3n) is 4.55. The topological polar surface area (TPSA) is 88.7 Å². The average Bonchev–Trinajstić information content (AvgIpc) is 3.16. The van der Waals surface area contributed by atoms with Crippen LogP contribution in [0, 0.1) is 10.1 Å². The van der Waals surface area contributed by atoms with Crippen molar-refractivity contribution in [3.63, 3.8) is 0 Å². The Kier molecular flexibility index (Phi) is 5.51. The number of imidazole rings is 1. The normalized spacial score (nSPS) is 15.8. The van der Waals surface area contributed by atoms with Gasteiger partial charge in [-0.3, -0.25) is 4.57 Å². The predicted molar refractivity (Wildman–Crippen MR) is 102 cm³/mol. The summed E-state index contributed by atoms with van der Waals surface area (Å²) in [5.41, 5.74) is 1.59. The molecule has 0 saturated heterocycles. The first-order valence-electron chi connectivity index (χ1n) is 9.18. The summed E-state index contributed by atoms with van der Waals surface area (Å²) >= 11 is 0. The lowest BCUT2D eigenvalue weighted by Gasteiger charge is -2.22. The van der Waals surface area contributed by atoms with Crippen LogP contribution in [0.2, 0.25) is 0 Å². The smallest absolute Gasteiger partial charge is 0.443 e. The van der Waals surface area contributed by atoms with Crippen LogP contribution in [0.3, 0.4) is 0 Å². The van der Waals surface area contributed by atoms with Gasteiger partial charge in [-0.15, -0.1) is 13.2 Å². The Hall–Kier alpha value is -3.60. The number of benzene rings is 2. The third-order valence-corrected chi connectivity index (χ3v) is 4.55. The molecule has 0 bridgehead atoms. The highest BCUT2D eigenvalue weighted by molar-refractivity contribution is 5.70. The zero-order chi connectivity index (χ0) is 22.0. The maximum Gasteiger partial charge on any atom is 0.573 e. The van der Waals surface area contributed by atoms with E-state index in [1.807, 2.05) is 0 Å². The monoisotopic (exact) mass is 435 g/mol. The number of hydrogen-bond donors (Lipinski definition) is 0. The van der Waals surface area contributed by atoms with Crippen LogP contribution in [0.4, 0.5) is 19.0 Å². The van der Waals surface area contributed by atoms with Crippen LogP contribution < -0.4 is 9.47 Å². The number of nitrogens with zero attached hydrogens (tertiary/aromatic N) is 3. The molecule has 1 aliphatic heterocycles. The summed E-state index contributed by atoms with van der Waals surface area (Å²) < 4.78 is 55.0. The summed E-state index contributed by atoms with van der Waals surface area (Å²) in [6.45, 7) is 0.685. The summed E-state index contributed by atoms with van der Waals surface area (Å²) in [5.74, 6) is -0.592. The quantitative estimate of drug-likeness (QED) is 0.423. The molecule has 3 aromatic rings. The van der Waals surface area contributed by atoms with Crippen LogP contribution in [0.15, 0.2) is 54.7 Å². The second-order valence-electron chi connectivity index (χ2n) is 6.78. The number of rotatable bonds is 6. The Morgan fingerprint density at radius 3 is 2.81 bits per heavy atom. The summed E-state index contributed by atoms with van der Waals surface area (Å²) in [6.07, 6.45) is -3.88. The second kappa shape index (κ2) is 8.26. The zero-order valence-corrected chi connectivity index (χ0v) is 15.9. The van der Waals surface area contributed by atoms with Gasteiger partial charge in [0.1, 0.15) is 24.7 Å². The van der Waals surface area contributed by atoms with E-state index in [9.17, 15) is 23.3 Å². The van der Waals surface area contributed by atoms with Crippen LogP contribution in [0.1, 0.15) is 5.56 Å². The van der Waals surface area contributed by atoms with Crippen LogP contribution in [0.5, 0.6) is 11.8 Å². The van der Waals surface area contributed by atoms with E-state index in [0.717, 1.165) is 5.56 Å². The first-order valence-corrected chi connectivity index (χ1v) is 9.18. The fourth-order valence-electron chi connectivity index (χ4n) is 3.22. The minimum absolute atomic E-state index is 0.162. The van der Waals surface area contributed by atoms with Crippen molar-refractivity contribution in [3.8, 4) is 22.9 Å². The van der Waals surface area contributed by atoms with Crippen molar-refractivity contribution in [3.05, 3.63) is 70.4 Å². The molecule has 1 atom stereocenters. The fourth-order valence-corrected chi connectivity index (χ4v) is 3.22. The van der Waals surface area contributed by atoms with Gasteiger partial charge in [0, 0.05) is 10.5 Å². The Labute approximate surface area is 173 Å². The molecule has 8 nitrogen and oxygen atoms in total. The molecule has 31 heavy (non-hydrogen) atoms. The van der Waals surface area contributed by atoms with Crippen LogP contribution in [-0.4, -0.2) is 33.5 Å². The lowest BCUT2D eigenvalue weighted by Crippen LogP contribution is -2.32. The molecule has 0 saturated carbocycles. The van der Waals surface area contributed by atoms with Crippen molar-refractivity contribution in [2.24, 2.45) is 0 Å². The van der Waals surface area contributed by atoms with Crippen molar-refractivity contribution in [2.75, 3.05) is 6.61 Å². The number of hydrogen-bond acceptors (Lipinski definition) is 6. The Bertz CT molecular complexity index is 1100. The number of aromatic nitrogens is 2. The van der Waals surface area contributed by atoms with Gasteiger partial charge in [0.05, 0.1) is 13.2 Å². The number of halogens is 3. The number of para-hydroxylation sites is 1. The molecule has 4 rings (SSSR count). The highest BCUT2D eigenvalue weighted by Crippen LogP contribution is 2.34. The molecule has 162 valence electrons. The van der Waals surface area contributed by atoms with Crippen LogP contribution in [-0.2, 0) is 17.9 Å². The first kappa shape index (κ1) is 20.7. The van der Waals surface area contributed by atoms with E-state index in [-0.39, 0.29) is 36.9 Å². The molecule has 2 heterocycles. The average molecular weight is 435 g/mol. The number of fused-ring (bicyclic) bond motifs is 1. The van der Waals surface area contributed by atoms with Crippen LogP contribution in [0.25, 0.3) is 11.1 Å². The van der Waals surface area contributed by atoms with Crippen molar-refractivity contribution in [2.45, 2.75) is 25.6 Å². The molecule has 0 fully saturated rings. The second-order valence-corrected chi connectivity index (χ2v) is 6.78. The minimum Gasteiger partial charge on any atom is -0.443 e. The molecule has 0 radical (unpaired) electrons. The van der Waals surface area contributed by atoms with Gasteiger partial charge in [-0.05, 0) is 28.2 Å². The van der Waals surface area contributed by atoms with E-state index in [1.165, 1.54) is 22.9 Å². The fraction of sp³-hybridized carbons (Fsp3) is 0.250. The SMILES string of the molecule is O=[N+]([O-])c1cn2c(n1)OC[C@@H](OCc1cccc(-c3ccccc3OC(F)(F)F)c1)C2. The van der Waals surface area contributed by atoms with Crippen molar-refractivity contribution >= 4 is 5.82 Å². The van der Waals surface area contributed by atoms with Crippen molar-refractivity contribution < 1.29 is 32.3 Å². The molecule has 0 unspecified atom stereocenters. The van der Waals surface area contributed by atoms with Crippen LogP contribution >= 0.6 is 0 Å². The number of nitro groups is 1. The van der Waals surface area contributed by atoms with Gasteiger partial charge in [0.2, 0.25) is 0 Å². The van der Waals surface area contributed by atoms with Gasteiger partial charge in [0.15, 0.2) is 0 Å².